The van der Waals surface area contributed by atoms with Gasteiger partial charge in [-0.05, 0) is 58.1 Å². The summed E-state index contributed by atoms with van der Waals surface area (Å²) in [5.74, 6) is -0.172. The van der Waals surface area contributed by atoms with Gasteiger partial charge in [0.25, 0.3) is 0 Å². The highest BCUT2D eigenvalue weighted by molar-refractivity contribution is 5.91. The van der Waals surface area contributed by atoms with E-state index in [0.717, 1.165) is 36.8 Å². The Hall–Kier alpha value is -2.09. The van der Waals surface area contributed by atoms with Gasteiger partial charge in [-0.1, -0.05) is 53.6 Å². The molecule has 1 aliphatic rings. The largest absolute Gasteiger partial charge is 0.450 e. The summed E-state index contributed by atoms with van der Waals surface area (Å²) < 4.78 is 5.45. The Morgan fingerprint density at radius 2 is 1.83 bits per heavy atom. The lowest BCUT2D eigenvalue weighted by atomic mass is 10.0. The van der Waals surface area contributed by atoms with Crippen molar-refractivity contribution >= 4 is 5.97 Å². The maximum atomic E-state index is 12.0. The molecule has 0 amide bonds. The number of carbonyl (C=O) groups is 1. The van der Waals surface area contributed by atoms with Crippen molar-refractivity contribution < 1.29 is 9.53 Å². The number of rotatable bonds is 7. The lowest BCUT2D eigenvalue weighted by molar-refractivity contribution is -0.140. The molecule has 0 saturated heterocycles. The quantitative estimate of drug-likeness (QED) is 0.478. The van der Waals surface area contributed by atoms with Crippen LogP contribution >= 0.6 is 0 Å². The molecule has 1 heterocycles. The van der Waals surface area contributed by atoms with Gasteiger partial charge in [0, 0.05) is 5.57 Å². The van der Waals surface area contributed by atoms with Gasteiger partial charge in [0.2, 0.25) is 0 Å². The molecule has 0 radical (unpaired) electrons. The summed E-state index contributed by atoms with van der Waals surface area (Å²) in [6.45, 7) is 6.41. The van der Waals surface area contributed by atoms with Crippen LogP contribution in [-0.2, 0) is 9.53 Å². The average molecular weight is 310 g/mol. The van der Waals surface area contributed by atoms with Gasteiger partial charge in [-0.15, -0.1) is 0 Å². The van der Waals surface area contributed by atoms with Crippen molar-refractivity contribution in [3.8, 4) is 0 Å². The van der Waals surface area contributed by atoms with Crippen LogP contribution < -0.4 is 0 Å². The van der Waals surface area contributed by atoms with E-state index >= 15 is 0 Å². The third-order valence-corrected chi connectivity index (χ3v) is 3.97. The average Bonchev–Trinajstić information content (AvgIpc) is 2.89. The lowest BCUT2D eigenvalue weighted by Crippen LogP contribution is -2.02. The van der Waals surface area contributed by atoms with Crippen molar-refractivity contribution in [1.29, 1.82) is 0 Å². The van der Waals surface area contributed by atoms with E-state index in [1.54, 1.807) is 0 Å². The maximum absolute atomic E-state index is 12.0. The Kier molecular flexibility index (Phi) is 6.40. The molecule has 0 bridgehead atoms. The second kappa shape index (κ2) is 8.52. The number of hydrogen-bond donors (Lipinski definition) is 0. The number of allylic oxidation sites excluding steroid dienone is 4. The molecule has 0 saturated carbocycles. The minimum atomic E-state index is -0.221. The van der Waals surface area contributed by atoms with Gasteiger partial charge in [-0.3, -0.25) is 0 Å². The van der Waals surface area contributed by atoms with Crippen LogP contribution in [0.2, 0.25) is 0 Å². The fourth-order valence-corrected chi connectivity index (χ4v) is 2.63. The summed E-state index contributed by atoms with van der Waals surface area (Å²) in [6, 6.07) is 9.88. The zero-order valence-electron chi connectivity index (χ0n) is 14.3. The summed E-state index contributed by atoms with van der Waals surface area (Å²) in [6.07, 6.45) is 10.1. The Morgan fingerprint density at radius 3 is 2.52 bits per heavy atom. The van der Waals surface area contributed by atoms with E-state index in [-0.39, 0.29) is 12.1 Å². The van der Waals surface area contributed by atoms with Crippen molar-refractivity contribution in [2.75, 3.05) is 0 Å². The first-order chi connectivity index (χ1) is 11.1. The molecule has 122 valence electrons. The first-order valence-electron chi connectivity index (χ1n) is 8.32. The number of ether oxygens (including phenoxy) is 1. The fourth-order valence-electron chi connectivity index (χ4n) is 2.63. The highest BCUT2D eigenvalue weighted by Crippen LogP contribution is 2.29. The second-order valence-corrected chi connectivity index (χ2v) is 6.34. The van der Waals surface area contributed by atoms with Crippen LogP contribution in [0.4, 0.5) is 0 Å². The van der Waals surface area contributed by atoms with Crippen LogP contribution in [0.5, 0.6) is 0 Å². The molecule has 0 aliphatic carbocycles. The molecule has 1 atom stereocenters. The Morgan fingerprint density at radius 1 is 1.09 bits per heavy atom. The van der Waals surface area contributed by atoms with Gasteiger partial charge >= 0.3 is 5.97 Å². The molecule has 0 fully saturated rings. The first-order valence-corrected chi connectivity index (χ1v) is 8.32. The van der Waals surface area contributed by atoms with Crippen LogP contribution in [0.15, 0.2) is 65.3 Å². The summed E-state index contributed by atoms with van der Waals surface area (Å²) >= 11 is 0. The van der Waals surface area contributed by atoms with E-state index in [9.17, 15) is 4.79 Å². The molecule has 0 N–H and O–H groups in total. The van der Waals surface area contributed by atoms with Crippen LogP contribution in [0.3, 0.4) is 0 Å². The van der Waals surface area contributed by atoms with Crippen LogP contribution in [0.1, 0.15) is 58.1 Å². The second-order valence-electron chi connectivity index (χ2n) is 6.34. The molecule has 1 aliphatic heterocycles. The van der Waals surface area contributed by atoms with Crippen LogP contribution in [0.25, 0.3) is 0 Å². The zero-order valence-corrected chi connectivity index (χ0v) is 14.3. The van der Waals surface area contributed by atoms with E-state index < -0.39 is 0 Å². The molecule has 1 aromatic rings. The van der Waals surface area contributed by atoms with Crippen LogP contribution in [0, 0.1) is 0 Å². The minimum absolute atomic E-state index is 0.172. The van der Waals surface area contributed by atoms with E-state index in [1.165, 1.54) is 11.1 Å². The smallest absolute Gasteiger partial charge is 0.334 e. The molecule has 0 spiro atoms. The Balaban J connectivity index is 1.85. The van der Waals surface area contributed by atoms with Crippen molar-refractivity contribution in [2.24, 2.45) is 0 Å². The molecule has 2 rings (SSSR count). The molecule has 2 nitrogen and oxygen atoms in total. The SMILES string of the molecule is CC(C)=CCC/C(C)=C/CCC1=C[C@@H](c2ccccc2)OC1=O. The van der Waals surface area contributed by atoms with Gasteiger partial charge in [-0.2, -0.15) is 0 Å². The first kappa shape index (κ1) is 17.3. The van der Waals surface area contributed by atoms with E-state index in [0.29, 0.717) is 0 Å². The zero-order chi connectivity index (χ0) is 16.7. The molecular weight excluding hydrogens is 284 g/mol. The standard InChI is InChI=1S/C21H26O2/c1-16(2)9-7-10-17(3)11-8-14-19-15-20(23-21(19)22)18-12-5-4-6-13-18/h4-6,9,11-13,15,20H,7-8,10,14H2,1-3H3/b17-11+/t20-/m0/s1. The highest BCUT2D eigenvalue weighted by atomic mass is 16.5. The summed E-state index contributed by atoms with van der Waals surface area (Å²) in [5.41, 5.74) is 4.58. The van der Waals surface area contributed by atoms with Gasteiger partial charge in [0.05, 0.1) is 0 Å². The molecular formula is C21H26O2. The number of benzene rings is 1. The van der Waals surface area contributed by atoms with E-state index in [2.05, 4.69) is 32.9 Å². The predicted octanol–water partition coefficient (Wildman–Crippen LogP) is 5.68. The van der Waals surface area contributed by atoms with Crippen molar-refractivity contribution in [2.45, 2.75) is 52.6 Å². The van der Waals surface area contributed by atoms with Gasteiger partial charge in [0.15, 0.2) is 0 Å². The molecule has 23 heavy (non-hydrogen) atoms. The minimum Gasteiger partial charge on any atom is -0.450 e. The number of carbonyl (C=O) groups excluding carboxylic acids is 1. The van der Waals surface area contributed by atoms with Gasteiger partial charge < -0.3 is 4.74 Å². The van der Waals surface area contributed by atoms with Crippen molar-refractivity contribution in [3.63, 3.8) is 0 Å². The summed E-state index contributed by atoms with van der Waals surface area (Å²) in [7, 11) is 0. The highest BCUT2D eigenvalue weighted by Gasteiger charge is 2.25. The Bertz CT molecular complexity index is 617. The van der Waals surface area contributed by atoms with Crippen LogP contribution in [-0.4, -0.2) is 5.97 Å². The third-order valence-electron chi connectivity index (χ3n) is 3.97. The van der Waals surface area contributed by atoms with Crippen molar-refractivity contribution in [1.82, 2.24) is 0 Å². The normalized spacial score (nSPS) is 17.7. The monoisotopic (exact) mass is 310 g/mol. The predicted molar refractivity (Wildman–Crippen MR) is 95.0 cm³/mol. The third kappa shape index (κ3) is 5.55. The number of cyclic esters (lactones) is 1. The van der Waals surface area contributed by atoms with Crippen molar-refractivity contribution in [3.05, 3.63) is 70.8 Å². The molecule has 0 unspecified atom stereocenters. The molecule has 2 heteroatoms. The Labute approximate surface area is 139 Å². The van der Waals surface area contributed by atoms with E-state index in [1.807, 2.05) is 36.4 Å². The topological polar surface area (TPSA) is 26.3 Å². The maximum Gasteiger partial charge on any atom is 0.334 e. The van der Waals surface area contributed by atoms with E-state index in [4.69, 9.17) is 4.74 Å². The van der Waals surface area contributed by atoms with Gasteiger partial charge in [0.1, 0.15) is 6.10 Å². The summed E-state index contributed by atoms with van der Waals surface area (Å²) in [5, 5.41) is 0. The fraction of sp³-hybridized carbons (Fsp3) is 0.381. The lowest BCUT2D eigenvalue weighted by Gasteiger charge is -2.07. The number of hydrogen-bond acceptors (Lipinski definition) is 2. The van der Waals surface area contributed by atoms with Gasteiger partial charge in [-0.25, -0.2) is 4.79 Å². The number of esters is 1. The molecule has 0 aromatic heterocycles. The summed E-state index contributed by atoms with van der Waals surface area (Å²) in [4.78, 5) is 12.0. The molecule has 1 aromatic carbocycles.